The second-order valence-electron chi connectivity index (χ2n) is 5.34. The van der Waals surface area contributed by atoms with Gasteiger partial charge < -0.3 is 4.74 Å². The van der Waals surface area contributed by atoms with Gasteiger partial charge in [-0.1, -0.05) is 48.0 Å². The quantitative estimate of drug-likeness (QED) is 0.561. The highest BCUT2D eigenvalue weighted by Gasteiger charge is 2.05. The Morgan fingerprint density at radius 1 is 0.897 bits per heavy atom. The first kappa shape index (κ1) is 23.4. The molecule has 2 rings (SSSR count). The van der Waals surface area contributed by atoms with Gasteiger partial charge in [-0.3, -0.25) is 0 Å². The zero-order chi connectivity index (χ0) is 21.3. The van der Waals surface area contributed by atoms with Gasteiger partial charge in [-0.15, -0.1) is 12.2 Å². The Labute approximate surface area is 183 Å². The van der Waals surface area contributed by atoms with Crippen LogP contribution in [0.3, 0.4) is 0 Å². The first-order chi connectivity index (χ1) is 14.2. The molecule has 0 aromatic heterocycles. The van der Waals surface area contributed by atoms with E-state index in [4.69, 9.17) is 11.2 Å². The van der Waals surface area contributed by atoms with Crippen LogP contribution in [-0.2, 0) is 0 Å². The topological polar surface area (TPSA) is 9.23 Å². The molecule has 0 N–H and O–H groups in total. The predicted octanol–water partition coefficient (Wildman–Crippen LogP) is 4.35. The van der Waals surface area contributed by atoms with Crippen LogP contribution in [0.15, 0.2) is 48.5 Å². The molecule has 0 bridgehead atoms. The Kier molecular flexibility index (Phi) is 11.6. The maximum absolute atomic E-state index is 5.46. The summed E-state index contributed by atoms with van der Waals surface area (Å²) < 4.78 is 5.46. The van der Waals surface area contributed by atoms with Gasteiger partial charge in [0.15, 0.2) is 0 Å². The Morgan fingerprint density at radius 3 is 2.28 bits per heavy atom. The minimum Gasteiger partial charge on any atom is -0.407 e. The molecule has 0 aliphatic carbocycles. The van der Waals surface area contributed by atoms with Gasteiger partial charge in [-0.05, 0) is 66.4 Å². The summed E-state index contributed by atoms with van der Waals surface area (Å²) in [5.74, 6) is 22.5. The monoisotopic (exact) mass is 388 g/mol. The number of hydrogen-bond donors (Lipinski definition) is 0. The van der Waals surface area contributed by atoms with Gasteiger partial charge in [0.25, 0.3) is 0 Å². The molecule has 0 amide bonds. The Bertz CT molecular complexity index is 1150. The van der Waals surface area contributed by atoms with Crippen LogP contribution in [0.4, 0.5) is 0 Å². The number of ether oxygens (including phenoxy) is 1. The minimum atomic E-state index is 0.653. The second-order valence-corrected chi connectivity index (χ2v) is 5.34. The van der Waals surface area contributed by atoms with Crippen LogP contribution in [0, 0.1) is 66.8 Å². The van der Waals surface area contributed by atoms with Crippen LogP contribution < -0.4 is 4.74 Å². The van der Waals surface area contributed by atoms with E-state index in [1.54, 1.807) is 0 Å². The van der Waals surface area contributed by atoms with E-state index < -0.39 is 0 Å². The Hall–Kier alpha value is -3.69. The van der Waals surface area contributed by atoms with Gasteiger partial charge in [0.2, 0.25) is 16.3 Å². The molecule has 0 fully saturated rings. The number of allylic oxidation sites excluding steroid dienone is 1. The number of hydrogen-bond acceptors (Lipinski definition) is 1. The van der Waals surface area contributed by atoms with Crippen molar-refractivity contribution < 1.29 is 4.74 Å². The van der Waals surface area contributed by atoms with Gasteiger partial charge in [-0.25, -0.2) is 0 Å². The van der Waals surface area contributed by atoms with Crippen molar-refractivity contribution in [3.63, 3.8) is 0 Å². The largest absolute Gasteiger partial charge is 0.407 e. The molecule has 0 spiro atoms. The predicted molar refractivity (Wildman–Crippen MR) is 126 cm³/mol. The lowest BCUT2D eigenvalue weighted by atomic mass is 9.97. The van der Waals surface area contributed by atoms with Crippen LogP contribution in [-0.4, -0.2) is 16.3 Å². The SMILES string of the molecule is C#CC#CC#CC#CC#COc1cccc(-c2cc(C)ccc2/C=C/C)c1.[CH3][AlH2]. The molecular weight excluding hydrogens is 367 g/mol. The van der Waals surface area contributed by atoms with Crippen LogP contribution in [0.5, 0.6) is 5.75 Å². The molecule has 29 heavy (non-hydrogen) atoms. The van der Waals surface area contributed by atoms with Crippen molar-refractivity contribution in [1.82, 2.24) is 0 Å². The lowest BCUT2D eigenvalue weighted by molar-refractivity contribution is 0.520. The maximum atomic E-state index is 5.46. The van der Waals surface area contributed by atoms with E-state index >= 15 is 0 Å². The summed E-state index contributed by atoms with van der Waals surface area (Å²) in [6.07, 6.45) is 11.7. The summed E-state index contributed by atoms with van der Waals surface area (Å²) in [4.78, 5) is 0. The standard InChI is InChI=1S/C26H16O.CH3.Al.2H/c1-4-6-7-8-9-10-11-12-19-27-25-16-13-15-24(21-25)26-20-22(3)17-18-23(26)14-5-2;;;;/h1,5,13-18,20-21H,2-3H3;1H3;;;/b14-5+;;;;. The third-order valence-electron chi connectivity index (χ3n) is 3.37. The average Bonchev–Trinajstić information content (AvgIpc) is 2.75. The lowest BCUT2D eigenvalue weighted by Crippen LogP contribution is -1.87. The van der Waals surface area contributed by atoms with Gasteiger partial charge in [0, 0.05) is 23.7 Å². The Balaban J connectivity index is 0.00000204. The summed E-state index contributed by atoms with van der Waals surface area (Å²) in [6.45, 7) is 4.08. The van der Waals surface area contributed by atoms with E-state index in [0.717, 1.165) is 16.7 Å². The van der Waals surface area contributed by atoms with E-state index in [2.05, 4.69) is 96.5 Å². The summed E-state index contributed by atoms with van der Waals surface area (Å²) in [7, 11) is 0. The molecular formula is C27H21AlO. The number of rotatable bonds is 3. The first-order valence-corrected chi connectivity index (χ1v) is 11.2. The number of benzene rings is 2. The highest BCUT2D eigenvalue weighted by Crippen LogP contribution is 2.28. The van der Waals surface area contributed by atoms with E-state index in [-0.39, 0.29) is 0 Å². The normalized spacial score (nSPS) is 8.07. The van der Waals surface area contributed by atoms with Crippen molar-refractivity contribution in [3.8, 4) is 76.8 Å². The summed E-state index contributed by atoms with van der Waals surface area (Å²) in [5, 5.41) is 0. The van der Waals surface area contributed by atoms with Crippen molar-refractivity contribution in [2.45, 2.75) is 19.6 Å². The molecule has 2 aromatic rings. The third-order valence-corrected chi connectivity index (χ3v) is 3.37. The molecule has 0 atom stereocenters. The first-order valence-electron chi connectivity index (χ1n) is 9.21. The van der Waals surface area contributed by atoms with Crippen molar-refractivity contribution in [1.29, 1.82) is 0 Å². The van der Waals surface area contributed by atoms with Gasteiger partial charge in [0.1, 0.15) is 11.9 Å². The lowest BCUT2D eigenvalue weighted by Gasteiger charge is -2.09. The molecule has 138 valence electrons. The molecule has 0 saturated carbocycles. The fourth-order valence-electron chi connectivity index (χ4n) is 2.27. The van der Waals surface area contributed by atoms with Gasteiger partial charge in [0.05, 0.1) is 0 Å². The minimum absolute atomic E-state index is 0.653. The molecule has 0 heterocycles. The maximum Gasteiger partial charge on any atom is 0.207 e. The van der Waals surface area contributed by atoms with Crippen molar-refractivity contribution in [3.05, 3.63) is 59.7 Å². The van der Waals surface area contributed by atoms with E-state index in [0.29, 0.717) is 5.75 Å². The molecule has 0 aliphatic rings. The summed E-state index contributed by atoms with van der Waals surface area (Å²) in [6, 6.07) is 14.2. The second kappa shape index (κ2) is 14.4. The van der Waals surface area contributed by atoms with Crippen molar-refractivity contribution in [2.24, 2.45) is 0 Å². The Morgan fingerprint density at radius 2 is 1.59 bits per heavy atom. The molecule has 0 saturated heterocycles. The zero-order valence-electron chi connectivity index (χ0n) is 17.2. The third kappa shape index (κ3) is 8.69. The highest BCUT2D eigenvalue weighted by atomic mass is 27.0. The molecule has 0 aliphatic heterocycles. The smallest absolute Gasteiger partial charge is 0.207 e. The van der Waals surface area contributed by atoms with Crippen LogP contribution in [0.2, 0.25) is 5.79 Å². The molecule has 2 aromatic carbocycles. The van der Waals surface area contributed by atoms with Gasteiger partial charge >= 0.3 is 0 Å². The van der Waals surface area contributed by atoms with Crippen LogP contribution in [0.1, 0.15) is 18.1 Å². The molecule has 0 radical (unpaired) electrons. The van der Waals surface area contributed by atoms with Crippen molar-refractivity contribution in [2.75, 3.05) is 0 Å². The molecule has 0 unspecified atom stereocenters. The molecule has 1 nitrogen and oxygen atoms in total. The van der Waals surface area contributed by atoms with Gasteiger partial charge in [-0.2, -0.15) is 0 Å². The average molecular weight is 388 g/mol. The highest BCUT2D eigenvalue weighted by molar-refractivity contribution is 6.05. The molecule has 2 heteroatoms. The summed E-state index contributed by atoms with van der Waals surface area (Å²) in [5.41, 5.74) is 4.57. The van der Waals surface area contributed by atoms with Crippen LogP contribution in [0.25, 0.3) is 17.2 Å². The number of aryl methyl sites for hydroxylation is 1. The fourth-order valence-corrected chi connectivity index (χ4v) is 2.27. The number of terminal acetylenes is 1. The van der Waals surface area contributed by atoms with E-state index in [1.165, 1.54) is 21.9 Å². The summed E-state index contributed by atoms with van der Waals surface area (Å²) >= 11 is 1.31. The zero-order valence-corrected chi connectivity index (χ0v) is 19.2. The van der Waals surface area contributed by atoms with E-state index in [9.17, 15) is 0 Å². The van der Waals surface area contributed by atoms with Crippen molar-refractivity contribution >= 4 is 22.4 Å². The van der Waals surface area contributed by atoms with Crippen LogP contribution >= 0.6 is 0 Å². The van der Waals surface area contributed by atoms with E-state index in [1.807, 2.05) is 31.2 Å². The fraction of sp³-hybridized carbons (Fsp3) is 0.111.